The van der Waals surface area contributed by atoms with E-state index in [0.717, 1.165) is 128 Å². The van der Waals surface area contributed by atoms with Gasteiger partial charge in [0.05, 0.1) is 25.4 Å². The van der Waals surface area contributed by atoms with Crippen LogP contribution in [0.5, 0.6) is 0 Å². The zero-order chi connectivity index (χ0) is 55.4. The van der Waals surface area contributed by atoms with E-state index >= 15 is 0 Å². The van der Waals surface area contributed by atoms with E-state index in [9.17, 15) is 35.1 Å². The van der Waals surface area contributed by atoms with Crippen LogP contribution < -0.4 is 5.32 Å². The molecule has 0 saturated carbocycles. The van der Waals surface area contributed by atoms with Gasteiger partial charge in [-0.3, -0.25) is 9.59 Å². The fraction of sp³-hybridized carbons (Fsp3) is 0.723. The highest BCUT2D eigenvalue weighted by molar-refractivity contribution is 5.80. The molecule has 1 aliphatic rings. The molecule has 0 aliphatic carbocycles. The number of aliphatic hydroxyl groups excluding tert-OH is 5. The van der Waals surface area contributed by atoms with Crippen LogP contribution in [-0.2, 0) is 23.8 Å². The second-order valence-electron chi connectivity index (χ2n) is 20.7. The maximum atomic E-state index is 13.4. The van der Waals surface area contributed by atoms with Crippen LogP contribution in [0.15, 0.2) is 97.2 Å². The zero-order valence-corrected chi connectivity index (χ0v) is 48.1. The summed E-state index contributed by atoms with van der Waals surface area (Å²) in [5.41, 5.74) is 0. The van der Waals surface area contributed by atoms with Crippen molar-refractivity contribution < 1.29 is 49.3 Å². The Morgan fingerprint density at radius 2 is 0.947 bits per heavy atom. The Labute approximate surface area is 463 Å². The molecule has 436 valence electrons. The van der Waals surface area contributed by atoms with Crippen LogP contribution in [-0.4, -0.2) is 99.6 Å². The molecule has 0 bridgehead atoms. The number of hydrogen-bond acceptors (Lipinski definition) is 10. The number of carbonyl (C=O) groups is 2. The van der Waals surface area contributed by atoms with Gasteiger partial charge in [0.2, 0.25) is 5.91 Å². The Morgan fingerprint density at radius 1 is 0.526 bits per heavy atom. The molecular formula is C65H111NO10. The van der Waals surface area contributed by atoms with Gasteiger partial charge in [-0.15, -0.1) is 0 Å². The summed E-state index contributed by atoms with van der Waals surface area (Å²) < 4.78 is 17.6. The monoisotopic (exact) mass is 1070 g/mol. The summed E-state index contributed by atoms with van der Waals surface area (Å²) in [6.07, 6.45) is 58.7. The van der Waals surface area contributed by atoms with Crippen molar-refractivity contribution >= 4 is 11.9 Å². The number of allylic oxidation sites excluding steroid dienone is 15. The van der Waals surface area contributed by atoms with Crippen molar-refractivity contribution in [2.75, 3.05) is 13.2 Å². The molecule has 6 N–H and O–H groups in total. The largest absolute Gasteiger partial charge is 0.454 e. The predicted octanol–water partition coefficient (Wildman–Crippen LogP) is 14.3. The summed E-state index contributed by atoms with van der Waals surface area (Å²) in [4.78, 5) is 26.5. The lowest BCUT2D eigenvalue weighted by atomic mass is 9.99. The van der Waals surface area contributed by atoms with Crippen molar-refractivity contribution in [2.45, 2.75) is 288 Å². The molecule has 0 aromatic heterocycles. The molecule has 0 aromatic rings. The normalized spacial score (nSPS) is 19.8. The molecule has 0 spiro atoms. The molecule has 11 heteroatoms. The number of aliphatic hydroxyl groups is 5. The van der Waals surface area contributed by atoms with E-state index in [2.05, 4.69) is 111 Å². The molecule has 8 atom stereocenters. The fourth-order valence-electron chi connectivity index (χ4n) is 8.95. The Balaban J connectivity index is 2.73. The van der Waals surface area contributed by atoms with Crippen molar-refractivity contribution in [3.63, 3.8) is 0 Å². The minimum atomic E-state index is -1.62. The van der Waals surface area contributed by atoms with E-state index in [0.29, 0.717) is 12.8 Å². The predicted molar refractivity (Wildman–Crippen MR) is 315 cm³/mol. The van der Waals surface area contributed by atoms with Gasteiger partial charge >= 0.3 is 5.97 Å². The van der Waals surface area contributed by atoms with Crippen molar-refractivity contribution in [1.82, 2.24) is 5.32 Å². The molecule has 1 aliphatic heterocycles. The Bertz CT molecular complexity index is 1600. The van der Waals surface area contributed by atoms with Crippen molar-refractivity contribution in [3.8, 4) is 0 Å². The maximum Gasteiger partial charge on any atom is 0.306 e. The summed E-state index contributed by atoms with van der Waals surface area (Å²) in [7, 11) is 0. The average Bonchev–Trinajstić information content (AvgIpc) is 3.42. The standard InChI is InChI=1S/C65H111NO10/c1-4-7-10-13-16-19-22-25-27-28-29-30-31-32-34-37-40-43-46-49-52-58(69)64(73)66-56(57(68)51-48-45-42-39-36-33-24-21-18-15-12-9-6-3)55-74-65-63(62(72)61(71)59(54-67)75-65)76-60(70)53-50-47-44-41-38-35-26-23-20-17-14-11-8-5-2/h7-8,10-11,16-17,19-20,25,27,29-30,32,34,48,51,56-59,61-63,65,67-69,71-72H,4-6,9,12-15,18,21-24,26,28,31,33,35-47,49-50,52-55H2,1-3H3,(H,66,73)/b10-7-,11-8+,19-16-,20-17+,27-25-,30-29-,34-32-,51-48+. The molecular weight excluding hydrogens is 955 g/mol. The Kier molecular flexibility index (Phi) is 48.6. The molecule has 1 heterocycles. The van der Waals surface area contributed by atoms with Gasteiger partial charge in [-0.2, -0.15) is 0 Å². The molecule has 1 amide bonds. The second-order valence-corrected chi connectivity index (χ2v) is 20.7. The molecule has 11 nitrogen and oxygen atoms in total. The van der Waals surface area contributed by atoms with Gasteiger partial charge in [-0.1, -0.05) is 234 Å². The number of unbranched alkanes of at least 4 members (excludes halogenated alkanes) is 22. The van der Waals surface area contributed by atoms with Crippen LogP contribution in [0, 0.1) is 0 Å². The smallest absolute Gasteiger partial charge is 0.306 e. The fourth-order valence-corrected chi connectivity index (χ4v) is 8.95. The van der Waals surface area contributed by atoms with Gasteiger partial charge in [-0.25, -0.2) is 0 Å². The third-order valence-electron chi connectivity index (χ3n) is 13.7. The first-order valence-corrected chi connectivity index (χ1v) is 30.5. The number of rotatable bonds is 50. The molecule has 76 heavy (non-hydrogen) atoms. The highest BCUT2D eigenvalue weighted by Crippen LogP contribution is 2.26. The van der Waals surface area contributed by atoms with Crippen LogP contribution in [0.3, 0.4) is 0 Å². The summed E-state index contributed by atoms with van der Waals surface area (Å²) in [6.45, 7) is 5.54. The first kappa shape index (κ1) is 70.6. The van der Waals surface area contributed by atoms with Gasteiger partial charge in [0.1, 0.15) is 24.4 Å². The van der Waals surface area contributed by atoms with E-state index in [1.165, 1.54) is 64.2 Å². The number of nitrogens with one attached hydrogen (secondary N) is 1. The van der Waals surface area contributed by atoms with Crippen LogP contribution in [0.25, 0.3) is 0 Å². The molecule has 8 unspecified atom stereocenters. The zero-order valence-electron chi connectivity index (χ0n) is 48.1. The summed E-state index contributed by atoms with van der Waals surface area (Å²) >= 11 is 0. The number of hydrogen-bond donors (Lipinski definition) is 6. The molecule has 1 rings (SSSR count). The van der Waals surface area contributed by atoms with Gasteiger partial charge in [-0.05, 0) is 96.3 Å². The molecule has 0 aromatic carbocycles. The first-order chi connectivity index (χ1) is 37.2. The lowest BCUT2D eigenvalue weighted by molar-refractivity contribution is -0.305. The highest BCUT2D eigenvalue weighted by Gasteiger charge is 2.47. The molecule has 1 saturated heterocycles. The molecule has 1 fully saturated rings. The lowest BCUT2D eigenvalue weighted by Crippen LogP contribution is -2.61. The Hall–Kier alpha value is -3.42. The first-order valence-electron chi connectivity index (χ1n) is 30.5. The quantitative estimate of drug-likeness (QED) is 0.0195. The minimum Gasteiger partial charge on any atom is -0.454 e. The third kappa shape index (κ3) is 39.9. The van der Waals surface area contributed by atoms with Crippen molar-refractivity contribution in [2.24, 2.45) is 0 Å². The van der Waals surface area contributed by atoms with Crippen molar-refractivity contribution in [3.05, 3.63) is 97.2 Å². The summed E-state index contributed by atoms with van der Waals surface area (Å²) in [5, 5.41) is 56.9. The van der Waals surface area contributed by atoms with Crippen LogP contribution in [0.1, 0.15) is 239 Å². The van der Waals surface area contributed by atoms with Crippen LogP contribution in [0.2, 0.25) is 0 Å². The SMILES string of the molecule is CC/C=C\C/C=C\C/C=C\C/C=C\C/C=C\CCCCCCC(O)C(=O)NC(COC1OC(CO)C(O)C(O)C1OC(=O)CCCCCCCCC/C=C/C/C=C/CC)C(O)/C=C/CCCCCCCCCCCCC. The number of ether oxygens (including phenoxy) is 3. The topological polar surface area (TPSA) is 175 Å². The lowest BCUT2D eigenvalue weighted by Gasteiger charge is -2.41. The Morgan fingerprint density at radius 3 is 1.42 bits per heavy atom. The summed E-state index contributed by atoms with van der Waals surface area (Å²) in [5.74, 6) is -1.23. The number of carbonyl (C=O) groups excluding carboxylic acids is 2. The van der Waals surface area contributed by atoms with Crippen molar-refractivity contribution in [1.29, 1.82) is 0 Å². The van der Waals surface area contributed by atoms with E-state index < -0.39 is 67.4 Å². The third-order valence-corrected chi connectivity index (χ3v) is 13.7. The van der Waals surface area contributed by atoms with Gasteiger partial charge < -0.3 is 45.1 Å². The summed E-state index contributed by atoms with van der Waals surface area (Å²) in [6, 6.07) is -1.04. The number of amides is 1. The van der Waals surface area contributed by atoms with Gasteiger partial charge in [0, 0.05) is 6.42 Å². The van der Waals surface area contributed by atoms with Gasteiger partial charge in [0.15, 0.2) is 12.4 Å². The van der Waals surface area contributed by atoms with Crippen LogP contribution in [0.4, 0.5) is 0 Å². The van der Waals surface area contributed by atoms with E-state index in [4.69, 9.17) is 14.2 Å². The van der Waals surface area contributed by atoms with E-state index in [1.807, 2.05) is 6.08 Å². The molecule has 0 radical (unpaired) electrons. The average molecular weight is 1070 g/mol. The maximum absolute atomic E-state index is 13.4. The number of esters is 1. The second kappa shape index (κ2) is 52.3. The minimum absolute atomic E-state index is 0.107. The van der Waals surface area contributed by atoms with E-state index in [1.54, 1.807) is 6.08 Å². The highest BCUT2D eigenvalue weighted by atomic mass is 16.7. The van der Waals surface area contributed by atoms with E-state index in [-0.39, 0.29) is 19.4 Å². The van der Waals surface area contributed by atoms with Gasteiger partial charge in [0.25, 0.3) is 0 Å². The van der Waals surface area contributed by atoms with Crippen LogP contribution >= 0.6 is 0 Å².